The molecule has 2 aromatic carbocycles. The predicted octanol–water partition coefficient (Wildman–Crippen LogP) is 2.88. The van der Waals surface area contributed by atoms with Crippen molar-refractivity contribution in [2.75, 3.05) is 18.4 Å². The summed E-state index contributed by atoms with van der Waals surface area (Å²) in [5, 5.41) is 14.1. The van der Waals surface area contributed by atoms with E-state index in [1.165, 1.54) is 17.7 Å². The monoisotopic (exact) mass is 351 g/mol. The number of amides is 1. The van der Waals surface area contributed by atoms with Gasteiger partial charge in [-0.3, -0.25) is 4.79 Å². The van der Waals surface area contributed by atoms with Crippen molar-refractivity contribution in [1.29, 1.82) is 0 Å². The van der Waals surface area contributed by atoms with Crippen molar-refractivity contribution in [3.8, 4) is 5.75 Å². The summed E-state index contributed by atoms with van der Waals surface area (Å²) < 4.78 is 5.84. The molecule has 0 saturated carbocycles. The van der Waals surface area contributed by atoms with Gasteiger partial charge in [-0.2, -0.15) is 0 Å². The molecule has 1 aliphatic heterocycles. The summed E-state index contributed by atoms with van der Waals surface area (Å²) >= 11 is 0. The van der Waals surface area contributed by atoms with Gasteiger partial charge in [0, 0.05) is 23.9 Å². The molecule has 5 nitrogen and oxygen atoms in total. The van der Waals surface area contributed by atoms with Crippen LogP contribution in [0.15, 0.2) is 46.9 Å². The van der Waals surface area contributed by atoms with Gasteiger partial charge in [-0.1, -0.05) is 18.2 Å². The number of likely N-dealkylation sites (tertiary alicyclic amines) is 1. The van der Waals surface area contributed by atoms with E-state index in [4.69, 9.17) is 4.42 Å². The van der Waals surface area contributed by atoms with Gasteiger partial charge in [0.25, 0.3) is 5.91 Å². The maximum absolute atomic E-state index is 13.0. The van der Waals surface area contributed by atoms with Crippen LogP contribution in [0.4, 0.5) is 5.69 Å². The van der Waals surface area contributed by atoms with Gasteiger partial charge in [0.15, 0.2) is 0 Å². The van der Waals surface area contributed by atoms with Gasteiger partial charge in [-0.25, -0.2) is 0 Å². The molecular formula is C21H23N2O3+. The highest BCUT2D eigenvalue weighted by Gasteiger charge is 2.26. The number of rotatable bonds is 4. The summed E-state index contributed by atoms with van der Waals surface area (Å²) in [7, 11) is 0. The molecule has 0 aliphatic carbocycles. The number of quaternary nitrogens is 1. The molecule has 1 aromatic heterocycles. The summed E-state index contributed by atoms with van der Waals surface area (Å²) in [6.45, 7) is 4.69. The molecule has 0 bridgehead atoms. The minimum atomic E-state index is -0.212. The van der Waals surface area contributed by atoms with E-state index in [1.54, 1.807) is 19.1 Å². The number of para-hydroxylation sites is 1. The fraction of sp³-hybridized carbons (Fsp3) is 0.286. The number of nitrogens with one attached hydrogen (secondary N) is 2. The topological polar surface area (TPSA) is 66.9 Å². The zero-order chi connectivity index (χ0) is 18.1. The number of carbonyl (C=O) groups is 1. The SMILES string of the molecule is Cc1oc2ccc(O)c(C[NH+]3CCCC3)c2c1C(=O)Nc1ccccc1. The van der Waals surface area contributed by atoms with Crippen molar-refractivity contribution in [3.63, 3.8) is 0 Å². The van der Waals surface area contributed by atoms with Crippen LogP contribution in [0.5, 0.6) is 5.75 Å². The van der Waals surface area contributed by atoms with Crippen LogP contribution in [-0.2, 0) is 6.54 Å². The summed E-state index contributed by atoms with van der Waals surface area (Å²) in [5.41, 5.74) is 2.69. The Kier molecular flexibility index (Phi) is 4.39. The van der Waals surface area contributed by atoms with Crippen molar-refractivity contribution < 1.29 is 19.2 Å². The van der Waals surface area contributed by atoms with Gasteiger partial charge in [0.05, 0.1) is 24.2 Å². The van der Waals surface area contributed by atoms with Crippen molar-refractivity contribution in [1.82, 2.24) is 0 Å². The largest absolute Gasteiger partial charge is 0.507 e. The third-order valence-corrected chi connectivity index (χ3v) is 5.11. The molecule has 0 unspecified atom stereocenters. The van der Waals surface area contributed by atoms with E-state index in [-0.39, 0.29) is 11.7 Å². The van der Waals surface area contributed by atoms with Crippen LogP contribution in [0.25, 0.3) is 11.0 Å². The number of aromatic hydroxyl groups is 1. The third kappa shape index (κ3) is 3.06. The van der Waals surface area contributed by atoms with E-state index in [0.29, 0.717) is 23.5 Å². The molecule has 26 heavy (non-hydrogen) atoms. The minimum Gasteiger partial charge on any atom is -0.507 e. The number of phenols is 1. The van der Waals surface area contributed by atoms with Crippen LogP contribution < -0.4 is 10.2 Å². The van der Waals surface area contributed by atoms with E-state index >= 15 is 0 Å². The fourth-order valence-electron chi connectivity index (χ4n) is 3.84. The zero-order valence-corrected chi connectivity index (χ0v) is 14.8. The molecule has 134 valence electrons. The zero-order valence-electron chi connectivity index (χ0n) is 14.8. The average molecular weight is 351 g/mol. The molecule has 5 heteroatoms. The lowest BCUT2D eigenvalue weighted by atomic mass is 10.0. The molecule has 3 aromatic rings. The normalized spacial score (nSPS) is 14.8. The number of furan rings is 1. The number of carbonyl (C=O) groups excluding carboxylic acids is 1. The molecule has 2 heterocycles. The Balaban J connectivity index is 1.77. The Hall–Kier alpha value is -2.79. The Bertz CT molecular complexity index is 941. The highest BCUT2D eigenvalue weighted by Crippen LogP contribution is 2.34. The maximum atomic E-state index is 13.0. The van der Waals surface area contributed by atoms with Gasteiger partial charge in [-0.05, 0) is 31.2 Å². The maximum Gasteiger partial charge on any atom is 0.259 e. The minimum absolute atomic E-state index is 0.212. The molecular weight excluding hydrogens is 328 g/mol. The van der Waals surface area contributed by atoms with Crippen LogP contribution >= 0.6 is 0 Å². The number of phenolic OH excluding ortho intramolecular Hbond substituents is 1. The molecule has 0 spiro atoms. The molecule has 1 fully saturated rings. The summed E-state index contributed by atoms with van der Waals surface area (Å²) in [6.07, 6.45) is 2.41. The number of hydrogen-bond donors (Lipinski definition) is 3. The second-order valence-electron chi connectivity index (χ2n) is 6.92. The highest BCUT2D eigenvalue weighted by atomic mass is 16.3. The molecule has 4 rings (SSSR count). The van der Waals surface area contributed by atoms with Gasteiger partial charge < -0.3 is 19.7 Å². The first-order valence-corrected chi connectivity index (χ1v) is 9.07. The summed E-state index contributed by atoms with van der Waals surface area (Å²) in [5.74, 6) is 0.582. The van der Waals surface area contributed by atoms with Gasteiger partial charge in [0.2, 0.25) is 0 Å². The molecule has 3 N–H and O–H groups in total. The Morgan fingerprint density at radius 3 is 2.62 bits per heavy atom. The molecule has 1 saturated heterocycles. The Morgan fingerprint density at radius 2 is 1.88 bits per heavy atom. The van der Waals surface area contributed by atoms with E-state index in [0.717, 1.165) is 29.7 Å². The van der Waals surface area contributed by atoms with Gasteiger partial charge in [-0.15, -0.1) is 0 Å². The third-order valence-electron chi connectivity index (χ3n) is 5.11. The van der Waals surface area contributed by atoms with Crippen LogP contribution in [-0.4, -0.2) is 24.1 Å². The van der Waals surface area contributed by atoms with Crippen LogP contribution in [0.3, 0.4) is 0 Å². The molecule has 1 aliphatic rings. The fourth-order valence-corrected chi connectivity index (χ4v) is 3.84. The van der Waals surface area contributed by atoms with Crippen molar-refractivity contribution in [2.45, 2.75) is 26.3 Å². The van der Waals surface area contributed by atoms with E-state index < -0.39 is 0 Å². The first-order valence-electron chi connectivity index (χ1n) is 9.07. The number of anilines is 1. The summed E-state index contributed by atoms with van der Waals surface area (Å²) in [4.78, 5) is 14.4. The van der Waals surface area contributed by atoms with Gasteiger partial charge in [0.1, 0.15) is 23.6 Å². The first-order chi connectivity index (χ1) is 12.6. The van der Waals surface area contributed by atoms with Crippen molar-refractivity contribution >= 4 is 22.6 Å². The van der Waals surface area contributed by atoms with E-state index in [2.05, 4.69) is 5.32 Å². The smallest absolute Gasteiger partial charge is 0.259 e. The van der Waals surface area contributed by atoms with Crippen LogP contribution in [0.2, 0.25) is 0 Å². The van der Waals surface area contributed by atoms with Crippen molar-refractivity contribution in [3.05, 3.63) is 59.4 Å². The Labute approximate surface area is 152 Å². The lowest BCUT2D eigenvalue weighted by Gasteiger charge is -2.14. The van der Waals surface area contributed by atoms with Crippen LogP contribution in [0, 0.1) is 6.92 Å². The standard InChI is InChI=1S/C21H22N2O3/c1-14-19(21(25)22-15-7-3-2-4-8-15)20-16(13-23-11-5-6-12-23)17(24)9-10-18(20)26-14/h2-4,7-10,24H,5-6,11-13H2,1H3,(H,22,25)/p+1. The van der Waals surface area contributed by atoms with Gasteiger partial charge >= 0.3 is 0 Å². The second-order valence-corrected chi connectivity index (χ2v) is 6.92. The summed E-state index contributed by atoms with van der Waals surface area (Å²) in [6, 6.07) is 12.8. The van der Waals surface area contributed by atoms with E-state index in [1.807, 2.05) is 30.3 Å². The molecule has 1 amide bonds. The average Bonchev–Trinajstić information content (AvgIpc) is 3.25. The van der Waals surface area contributed by atoms with E-state index in [9.17, 15) is 9.90 Å². The quantitative estimate of drug-likeness (QED) is 0.677. The number of benzene rings is 2. The number of fused-ring (bicyclic) bond motifs is 1. The lowest BCUT2D eigenvalue weighted by molar-refractivity contribution is -0.901. The first kappa shape index (κ1) is 16.7. The van der Waals surface area contributed by atoms with Crippen molar-refractivity contribution in [2.24, 2.45) is 0 Å². The molecule has 0 atom stereocenters. The number of aryl methyl sites for hydroxylation is 1. The Morgan fingerprint density at radius 1 is 1.15 bits per heavy atom. The highest BCUT2D eigenvalue weighted by molar-refractivity contribution is 6.14. The molecule has 0 radical (unpaired) electrons. The predicted molar refractivity (Wildman–Crippen MR) is 101 cm³/mol. The lowest BCUT2D eigenvalue weighted by Crippen LogP contribution is -3.08. The van der Waals surface area contributed by atoms with Crippen LogP contribution in [0.1, 0.15) is 34.5 Å². The number of hydrogen-bond acceptors (Lipinski definition) is 3. The second kappa shape index (κ2) is 6.84.